The molecule has 2 aromatic carbocycles. The van der Waals surface area contributed by atoms with Gasteiger partial charge in [0.15, 0.2) is 0 Å². The summed E-state index contributed by atoms with van der Waals surface area (Å²) in [7, 11) is 1.99. The van der Waals surface area contributed by atoms with Crippen molar-refractivity contribution in [3.05, 3.63) is 97.2 Å². The zero-order valence-electron chi connectivity index (χ0n) is 14.7. The van der Waals surface area contributed by atoms with Crippen LogP contribution in [0.25, 0.3) is 22.5 Å². The average molecular weight is 530 g/mol. The van der Waals surface area contributed by atoms with Crippen molar-refractivity contribution in [2.24, 2.45) is 0 Å². The molecule has 0 amide bonds. The maximum absolute atomic E-state index is 4.78. The maximum Gasteiger partial charge on any atom is 2.00 e. The topological polar surface area (TPSA) is 29.0 Å². The van der Waals surface area contributed by atoms with Gasteiger partial charge in [-0.2, -0.15) is 0 Å². The normalized spacial score (nSPS) is 10.1. The molecular formula is C23H17N3Pt. The molecule has 4 heteroatoms. The Kier molecular flexibility index (Phi) is 6.15. The molecule has 2 heterocycles. The molecule has 4 aromatic rings. The Labute approximate surface area is 174 Å². The fourth-order valence-electron chi connectivity index (χ4n) is 2.76. The second kappa shape index (κ2) is 8.74. The van der Waals surface area contributed by atoms with Crippen LogP contribution in [-0.2, 0) is 21.1 Å². The first kappa shape index (κ1) is 19.0. The smallest absolute Gasteiger partial charge is 0.348 e. The molecule has 0 atom stereocenters. The third kappa shape index (κ3) is 4.32. The van der Waals surface area contributed by atoms with Crippen molar-refractivity contribution in [2.45, 2.75) is 0 Å². The fourth-order valence-corrected chi connectivity index (χ4v) is 2.76. The zero-order chi connectivity index (χ0) is 17.8. The van der Waals surface area contributed by atoms with Gasteiger partial charge in [-0.15, -0.1) is 65.7 Å². The molecule has 4 rings (SSSR count). The summed E-state index contributed by atoms with van der Waals surface area (Å²) in [5, 5.41) is 0. The standard InChI is InChI=1S/C23H17N3.Pt/c1-26(20-12-7-11-19(17-20)21-13-5-6-16-24-21)23-15-8-14-22(25-23)18-9-3-2-4-10-18;/h2-9,11-16H,1H3;/q-2;+2. The Bertz CT molecular complexity index is 921. The Hall–Kier alpha value is -2.77. The molecule has 0 aliphatic heterocycles. The molecule has 0 saturated heterocycles. The average Bonchev–Trinajstić information content (AvgIpc) is 2.75. The first-order valence-electron chi connectivity index (χ1n) is 8.43. The van der Waals surface area contributed by atoms with Crippen LogP contribution in [0.2, 0.25) is 0 Å². The number of hydrogen-bond acceptors (Lipinski definition) is 3. The van der Waals surface area contributed by atoms with Crippen LogP contribution in [0, 0.1) is 12.1 Å². The Morgan fingerprint density at radius 3 is 2.33 bits per heavy atom. The largest absolute Gasteiger partial charge is 2.00 e. The van der Waals surface area contributed by atoms with Crippen molar-refractivity contribution in [2.75, 3.05) is 11.9 Å². The second-order valence-corrected chi connectivity index (χ2v) is 5.88. The minimum absolute atomic E-state index is 0. The van der Waals surface area contributed by atoms with Gasteiger partial charge in [0.1, 0.15) is 5.82 Å². The molecule has 0 spiro atoms. The van der Waals surface area contributed by atoms with E-state index in [-0.39, 0.29) is 21.1 Å². The second-order valence-electron chi connectivity index (χ2n) is 5.88. The Morgan fingerprint density at radius 2 is 1.56 bits per heavy atom. The monoisotopic (exact) mass is 530 g/mol. The van der Waals surface area contributed by atoms with Crippen molar-refractivity contribution in [3.63, 3.8) is 0 Å². The van der Waals surface area contributed by atoms with Crippen molar-refractivity contribution >= 4 is 11.5 Å². The summed E-state index contributed by atoms with van der Waals surface area (Å²) < 4.78 is 0. The summed E-state index contributed by atoms with van der Waals surface area (Å²) >= 11 is 0. The van der Waals surface area contributed by atoms with E-state index in [2.05, 4.69) is 17.1 Å². The summed E-state index contributed by atoms with van der Waals surface area (Å²) in [5.74, 6) is 0.856. The Morgan fingerprint density at radius 1 is 0.778 bits per heavy atom. The van der Waals surface area contributed by atoms with Crippen LogP contribution in [0.3, 0.4) is 0 Å². The van der Waals surface area contributed by atoms with Crippen LogP contribution in [0.15, 0.2) is 85.1 Å². The summed E-state index contributed by atoms with van der Waals surface area (Å²) in [6.45, 7) is 0. The van der Waals surface area contributed by atoms with Gasteiger partial charge in [-0.05, 0) is 29.2 Å². The molecule has 0 aliphatic rings. The van der Waals surface area contributed by atoms with Crippen LogP contribution in [0.4, 0.5) is 11.5 Å². The number of aromatic nitrogens is 2. The molecule has 0 N–H and O–H groups in total. The van der Waals surface area contributed by atoms with Gasteiger partial charge in [0.25, 0.3) is 0 Å². The van der Waals surface area contributed by atoms with Crippen LogP contribution < -0.4 is 4.90 Å². The molecule has 0 fully saturated rings. The summed E-state index contributed by atoms with van der Waals surface area (Å²) in [6.07, 6.45) is 1.79. The number of hydrogen-bond donors (Lipinski definition) is 0. The van der Waals surface area contributed by atoms with E-state index in [1.54, 1.807) is 6.20 Å². The molecule has 0 unspecified atom stereocenters. The van der Waals surface area contributed by atoms with E-state index in [1.165, 1.54) is 0 Å². The van der Waals surface area contributed by atoms with Crippen LogP contribution in [-0.4, -0.2) is 17.0 Å². The number of benzene rings is 2. The maximum atomic E-state index is 4.78. The van der Waals surface area contributed by atoms with Gasteiger partial charge in [0.2, 0.25) is 0 Å². The molecule has 27 heavy (non-hydrogen) atoms. The predicted molar refractivity (Wildman–Crippen MR) is 105 cm³/mol. The molecule has 2 aromatic heterocycles. The van der Waals surface area contributed by atoms with Crippen LogP contribution in [0.5, 0.6) is 0 Å². The molecule has 0 saturated carbocycles. The van der Waals surface area contributed by atoms with Gasteiger partial charge < -0.3 is 9.88 Å². The quantitative estimate of drug-likeness (QED) is 0.341. The zero-order valence-corrected chi connectivity index (χ0v) is 17.0. The van der Waals surface area contributed by atoms with Crippen molar-refractivity contribution < 1.29 is 21.1 Å². The van der Waals surface area contributed by atoms with E-state index < -0.39 is 0 Å². The summed E-state index contributed by atoms with van der Waals surface area (Å²) in [6, 6.07) is 32.5. The van der Waals surface area contributed by atoms with Gasteiger partial charge in [0, 0.05) is 13.2 Å². The van der Waals surface area contributed by atoms with E-state index >= 15 is 0 Å². The number of anilines is 2. The van der Waals surface area contributed by atoms with Crippen LogP contribution in [0.1, 0.15) is 0 Å². The molecule has 0 radical (unpaired) electrons. The van der Waals surface area contributed by atoms with Crippen molar-refractivity contribution in [1.82, 2.24) is 9.97 Å². The van der Waals surface area contributed by atoms with E-state index in [4.69, 9.17) is 4.98 Å². The third-order valence-electron chi connectivity index (χ3n) is 4.14. The summed E-state index contributed by atoms with van der Waals surface area (Å²) in [5.41, 5.74) is 4.69. The van der Waals surface area contributed by atoms with E-state index in [0.29, 0.717) is 0 Å². The first-order chi connectivity index (χ1) is 12.8. The predicted octanol–water partition coefficient (Wildman–Crippen LogP) is 5.18. The van der Waals surface area contributed by atoms with E-state index in [9.17, 15) is 0 Å². The van der Waals surface area contributed by atoms with Gasteiger partial charge in [-0.3, -0.25) is 4.98 Å². The van der Waals surface area contributed by atoms with Crippen molar-refractivity contribution in [3.8, 4) is 22.5 Å². The summed E-state index contributed by atoms with van der Waals surface area (Å²) in [4.78, 5) is 11.2. The fraction of sp³-hybridized carbons (Fsp3) is 0.0435. The van der Waals surface area contributed by atoms with E-state index in [1.807, 2.05) is 90.8 Å². The number of pyridine rings is 2. The minimum Gasteiger partial charge on any atom is -0.348 e. The van der Waals surface area contributed by atoms with Gasteiger partial charge in [0.05, 0.1) is 0 Å². The molecule has 0 aliphatic carbocycles. The van der Waals surface area contributed by atoms with Crippen molar-refractivity contribution in [1.29, 1.82) is 0 Å². The minimum atomic E-state index is 0. The Balaban J connectivity index is 0.00000210. The van der Waals surface area contributed by atoms with Gasteiger partial charge >= 0.3 is 21.1 Å². The molecule has 0 bridgehead atoms. The third-order valence-corrected chi connectivity index (χ3v) is 4.14. The molecule has 134 valence electrons. The molecular weight excluding hydrogens is 513 g/mol. The van der Waals surface area contributed by atoms with Gasteiger partial charge in [-0.25, -0.2) is 0 Å². The van der Waals surface area contributed by atoms with Gasteiger partial charge in [-0.1, -0.05) is 24.3 Å². The number of nitrogens with zero attached hydrogens (tertiary/aromatic N) is 3. The SMILES string of the molecule is CN(c1[c-]c(-c2ccccn2)ccc1)c1cccc(-c2[c-]cccc2)n1.[Pt+2]. The number of rotatable bonds is 4. The first-order valence-corrected chi connectivity index (χ1v) is 8.43. The molecule has 3 nitrogen and oxygen atoms in total. The van der Waals surface area contributed by atoms with Crippen LogP contribution >= 0.6 is 0 Å². The van der Waals surface area contributed by atoms with E-state index in [0.717, 1.165) is 34.0 Å².